The van der Waals surface area contributed by atoms with Crippen LogP contribution in [-0.2, 0) is 14.2 Å². The van der Waals surface area contributed by atoms with Gasteiger partial charge in [-0.05, 0) is 18.2 Å². The van der Waals surface area contributed by atoms with Crippen molar-refractivity contribution in [2.75, 3.05) is 6.61 Å². The molecule has 1 aliphatic rings. The summed E-state index contributed by atoms with van der Waals surface area (Å²) >= 11 is 0. The van der Waals surface area contributed by atoms with Gasteiger partial charge in [0.2, 0.25) is 23.0 Å². The highest BCUT2D eigenvalue weighted by Crippen LogP contribution is 2.50. The summed E-state index contributed by atoms with van der Waals surface area (Å²) < 4.78 is 31.4. The molecule has 7 rings (SSSR count). The fraction of sp³-hybridized carbons (Fsp3) is 0.176. The quantitative estimate of drug-likeness (QED) is 0.0452. The Morgan fingerprint density at radius 3 is 1.77 bits per heavy atom. The number of hydrogen-bond acceptors (Lipinski definition) is 22. The average Bonchev–Trinajstić information content (AvgIpc) is 3.15. The van der Waals surface area contributed by atoms with Gasteiger partial charge in [-0.15, -0.1) is 0 Å². The number of rotatable bonds is 7. The molecule has 1 saturated heterocycles. The lowest BCUT2D eigenvalue weighted by Gasteiger charge is -2.41. The minimum Gasteiger partial charge on any atom is -0.504 e. The molecule has 6 aromatic rings. The van der Waals surface area contributed by atoms with E-state index in [1.807, 2.05) is 0 Å². The Bertz CT molecular complexity index is 2710. The number of phenols is 9. The van der Waals surface area contributed by atoms with Gasteiger partial charge in [0.1, 0.15) is 17.8 Å². The maximum absolute atomic E-state index is 13.7. The number of benzene rings is 4. The minimum atomic E-state index is -2.31. The number of ether oxygens (including phenoxy) is 4. The Hall–Kier alpha value is -7.40. The van der Waals surface area contributed by atoms with E-state index in [1.165, 1.54) is 0 Å². The van der Waals surface area contributed by atoms with E-state index in [0.29, 0.717) is 18.2 Å². The number of phenolic OH excluding ortho intramolecular Hbond substituents is 9. The molecule has 292 valence electrons. The summed E-state index contributed by atoms with van der Waals surface area (Å²) in [4.78, 5) is 52.7. The van der Waals surface area contributed by atoms with E-state index in [-0.39, 0.29) is 16.2 Å². The van der Waals surface area contributed by atoms with Crippen LogP contribution in [0, 0.1) is 0 Å². The highest BCUT2D eigenvalue weighted by Gasteiger charge is 2.50. The van der Waals surface area contributed by atoms with Crippen molar-refractivity contribution in [3.8, 4) is 63.2 Å². The molecule has 1 fully saturated rings. The first kappa shape index (κ1) is 36.9. The Morgan fingerprint density at radius 1 is 0.625 bits per heavy atom. The van der Waals surface area contributed by atoms with Gasteiger partial charge in [0.25, 0.3) is 0 Å². The highest BCUT2D eigenvalue weighted by atomic mass is 16.7. The van der Waals surface area contributed by atoms with Crippen LogP contribution in [0.1, 0.15) is 20.7 Å². The summed E-state index contributed by atoms with van der Waals surface area (Å²) in [5, 5.41) is 122. The molecule has 0 amide bonds. The second-order valence-electron chi connectivity index (χ2n) is 12.2. The van der Waals surface area contributed by atoms with E-state index < -0.39 is 151 Å². The van der Waals surface area contributed by atoms with Gasteiger partial charge in [-0.1, -0.05) is 0 Å². The highest BCUT2D eigenvalue weighted by molar-refractivity contribution is 6.22. The number of aromatic hydroxyl groups is 9. The molecular formula is C34H24O22. The number of carbonyl (C=O) groups excluding carboxylic acids is 2. The van der Waals surface area contributed by atoms with Crippen LogP contribution < -0.4 is 16.0 Å². The summed E-state index contributed by atoms with van der Waals surface area (Å²) in [5.41, 5.74) is -5.57. The van der Waals surface area contributed by atoms with Crippen molar-refractivity contribution in [1.82, 2.24) is 0 Å². The van der Waals surface area contributed by atoms with E-state index in [2.05, 4.69) is 0 Å². The smallest absolute Gasteiger partial charge is 0.344 e. The zero-order chi connectivity index (χ0) is 40.7. The van der Waals surface area contributed by atoms with Gasteiger partial charge in [-0.25, -0.2) is 19.2 Å². The SMILES string of the molecule is O=C(O[C@H]1[C@H](O)[C@@H](CO)O[C@H](O)[C@@H]1OC(=O)c1cc(O)c(O)c(O)c1Oc1cc2c(=O)oc3c(O)c(O)cc4c(=O)oc(c1O)c2c34)c1cc(O)c(O)c(O)c1. The Kier molecular flexibility index (Phi) is 8.69. The summed E-state index contributed by atoms with van der Waals surface area (Å²) in [7, 11) is 0. The van der Waals surface area contributed by atoms with E-state index in [0.717, 1.165) is 12.1 Å². The van der Waals surface area contributed by atoms with E-state index in [9.17, 15) is 80.5 Å². The van der Waals surface area contributed by atoms with E-state index in [4.69, 9.17) is 27.8 Å². The molecule has 12 N–H and O–H groups in total. The van der Waals surface area contributed by atoms with Gasteiger partial charge in [0.05, 0.1) is 22.9 Å². The first-order chi connectivity index (χ1) is 26.4. The number of carbonyl (C=O) groups is 2. The molecule has 0 unspecified atom stereocenters. The molecule has 5 atom stereocenters. The van der Waals surface area contributed by atoms with Gasteiger partial charge >= 0.3 is 23.2 Å². The monoisotopic (exact) mass is 784 g/mol. The van der Waals surface area contributed by atoms with Crippen LogP contribution in [0.15, 0.2) is 48.8 Å². The Balaban J connectivity index is 1.29. The molecule has 2 aromatic heterocycles. The fourth-order valence-corrected chi connectivity index (χ4v) is 6.06. The van der Waals surface area contributed by atoms with Crippen molar-refractivity contribution in [3.63, 3.8) is 0 Å². The molecule has 4 aromatic carbocycles. The third kappa shape index (κ3) is 5.68. The van der Waals surface area contributed by atoms with Gasteiger partial charge in [-0.2, -0.15) is 0 Å². The fourth-order valence-electron chi connectivity index (χ4n) is 6.06. The molecule has 0 spiro atoms. The van der Waals surface area contributed by atoms with Crippen molar-refractivity contribution in [2.45, 2.75) is 30.7 Å². The zero-order valence-corrected chi connectivity index (χ0v) is 27.4. The number of aliphatic hydroxyl groups excluding tert-OH is 3. The van der Waals surface area contributed by atoms with Crippen LogP contribution >= 0.6 is 0 Å². The second kappa shape index (κ2) is 13.2. The van der Waals surface area contributed by atoms with Gasteiger partial charge in [0.15, 0.2) is 69.9 Å². The molecule has 0 radical (unpaired) electrons. The van der Waals surface area contributed by atoms with Gasteiger partial charge < -0.3 is 89.1 Å². The maximum atomic E-state index is 13.7. The third-order valence-corrected chi connectivity index (χ3v) is 8.78. The number of hydrogen-bond donors (Lipinski definition) is 12. The summed E-state index contributed by atoms with van der Waals surface area (Å²) in [6.45, 7) is -0.989. The molecule has 3 heterocycles. The Morgan fingerprint density at radius 2 is 1.16 bits per heavy atom. The molecule has 0 saturated carbocycles. The van der Waals surface area contributed by atoms with Crippen molar-refractivity contribution in [2.24, 2.45) is 0 Å². The predicted molar refractivity (Wildman–Crippen MR) is 178 cm³/mol. The van der Waals surface area contributed by atoms with E-state index in [1.54, 1.807) is 0 Å². The standard InChI is InChI=1S/C34H24O22/c35-6-16-23(44)28(55-30(46)7-1-11(36)19(40)12(37)2-7)29(34(50)52-16)56-33(49)10-4-13(38)20(41)24(45)25(10)51-15-5-9-18-17-8(31(47)54-27(18)22(15)43)3-14(39)21(42)26(17)53-32(9)48/h1-5,16,23,28-29,34-45,50H,6H2/t16-,23-,28+,29-,34+/m1/s1. The van der Waals surface area contributed by atoms with E-state index >= 15 is 0 Å². The van der Waals surface area contributed by atoms with Gasteiger partial charge in [0, 0.05) is 22.9 Å². The van der Waals surface area contributed by atoms with Crippen LogP contribution in [-0.4, -0.2) is 111 Å². The first-order valence-electron chi connectivity index (χ1n) is 15.6. The first-order valence-corrected chi connectivity index (χ1v) is 15.6. The van der Waals surface area contributed by atoms with Crippen molar-refractivity contribution in [3.05, 3.63) is 62.3 Å². The lowest BCUT2D eigenvalue weighted by atomic mass is 9.98. The molecular weight excluding hydrogens is 760 g/mol. The molecule has 1 aliphatic heterocycles. The number of esters is 2. The lowest BCUT2D eigenvalue weighted by molar-refractivity contribution is -0.285. The third-order valence-electron chi connectivity index (χ3n) is 8.78. The lowest BCUT2D eigenvalue weighted by Crippen LogP contribution is -2.61. The largest absolute Gasteiger partial charge is 0.504 e. The van der Waals surface area contributed by atoms with Crippen LogP contribution in [0.2, 0.25) is 0 Å². The molecule has 22 heteroatoms. The summed E-state index contributed by atoms with van der Waals surface area (Å²) in [6, 6.07) is 3.32. The van der Waals surface area contributed by atoms with Gasteiger partial charge in [-0.3, -0.25) is 0 Å². The van der Waals surface area contributed by atoms with Crippen molar-refractivity contribution < 1.29 is 98.6 Å². The zero-order valence-electron chi connectivity index (χ0n) is 27.4. The molecule has 0 bridgehead atoms. The topological polar surface area (TPSA) is 374 Å². The molecule has 56 heavy (non-hydrogen) atoms. The summed E-state index contributed by atoms with van der Waals surface area (Å²) in [6.07, 6.45) is -10.4. The summed E-state index contributed by atoms with van der Waals surface area (Å²) in [5.74, 6) is -14.9. The minimum absolute atomic E-state index is 0.273. The second-order valence-corrected chi connectivity index (χ2v) is 12.2. The van der Waals surface area contributed by atoms with Crippen LogP contribution in [0.3, 0.4) is 0 Å². The van der Waals surface area contributed by atoms with Crippen molar-refractivity contribution >= 4 is 44.6 Å². The average molecular weight is 785 g/mol. The normalized spacial score (nSPS) is 19.7. The Labute approximate surface area is 306 Å². The van der Waals surface area contributed by atoms with Crippen LogP contribution in [0.4, 0.5) is 0 Å². The number of aliphatic hydroxyl groups is 3. The molecule has 22 nitrogen and oxygen atoms in total. The predicted octanol–water partition coefficient (Wildman–Crippen LogP) is 0.454. The van der Waals surface area contributed by atoms with Crippen LogP contribution in [0.5, 0.6) is 63.2 Å². The maximum Gasteiger partial charge on any atom is 0.344 e. The van der Waals surface area contributed by atoms with Crippen LogP contribution in [0.25, 0.3) is 32.7 Å². The van der Waals surface area contributed by atoms with Crippen molar-refractivity contribution in [1.29, 1.82) is 0 Å². The molecule has 0 aliphatic carbocycles.